The van der Waals surface area contributed by atoms with Gasteiger partial charge in [-0.15, -0.1) is 71.8 Å². The number of aryl methyl sites for hydroxylation is 1. The summed E-state index contributed by atoms with van der Waals surface area (Å²) in [6, 6.07) is 34.8. The third kappa shape index (κ3) is 6.91. The van der Waals surface area contributed by atoms with Crippen molar-refractivity contribution in [3.63, 3.8) is 0 Å². The van der Waals surface area contributed by atoms with Gasteiger partial charge in [0, 0.05) is 43.9 Å². The molecule has 0 spiro atoms. The molecule has 0 aliphatic rings. The third-order valence-electron chi connectivity index (χ3n) is 6.01. The van der Waals surface area contributed by atoms with Crippen LogP contribution in [0.25, 0.3) is 28.3 Å². The fourth-order valence-corrected chi connectivity index (χ4v) is 4.26. The van der Waals surface area contributed by atoms with E-state index in [-0.39, 0.29) is 20.1 Å². The first kappa shape index (κ1) is 28.2. The molecule has 0 N–H and O–H groups in total. The zero-order valence-corrected chi connectivity index (χ0v) is 24.5. The van der Waals surface area contributed by atoms with Crippen molar-refractivity contribution >= 4 is 0 Å². The fraction of sp³-hybridized carbons (Fsp3) is 0.212. The van der Waals surface area contributed by atoms with Gasteiger partial charge in [0.15, 0.2) is 0 Å². The quantitative estimate of drug-likeness (QED) is 0.177. The van der Waals surface area contributed by atoms with Gasteiger partial charge in [0.2, 0.25) is 0 Å². The Morgan fingerprint density at radius 3 is 1.81 bits per heavy atom. The van der Waals surface area contributed by atoms with Crippen LogP contribution < -0.4 is 0 Å². The van der Waals surface area contributed by atoms with E-state index in [0.717, 1.165) is 28.3 Å². The van der Waals surface area contributed by atoms with Crippen LogP contribution in [0.5, 0.6) is 0 Å². The molecule has 0 bridgehead atoms. The number of pyridine rings is 1. The van der Waals surface area contributed by atoms with E-state index in [2.05, 4.69) is 86.8 Å². The normalized spacial score (nSPS) is 10.6. The molecule has 4 heteroatoms. The SMILES string of the molecule is Cc1cn(-c2c(C(C)C)cccc2C(C)C)c(-c2[c-]cccc2)n1.[Ir].[c-]1ccccc1-c1ccccn1. The molecule has 0 saturated heterocycles. The molecule has 0 fully saturated rings. The monoisotopic (exact) mass is 664 g/mol. The Morgan fingerprint density at radius 2 is 1.30 bits per heavy atom. The molecule has 3 nitrogen and oxygen atoms in total. The second-order valence-electron chi connectivity index (χ2n) is 9.44. The van der Waals surface area contributed by atoms with E-state index in [0.29, 0.717) is 11.8 Å². The number of benzene rings is 3. The van der Waals surface area contributed by atoms with Crippen LogP contribution in [0.4, 0.5) is 0 Å². The Hall–Kier alpha value is -3.33. The van der Waals surface area contributed by atoms with Gasteiger partial charge in [-0.1, -0.05) is 58.0 Å². The number of imidazole rings is 1. The minimum absolute atomic E-state index is 0. The minimum Gasteiger partial charge on any atom is -0.339 e. The van der Waals surface area contributed by atoms with Crippen LogP contribution in [0.1, 0.15) is 56.4 Å². The van der Waals surface area contributed by atoms with Crippen molar-refractivity contribution in [1.82, 2.24) is 14.5 Å². The minimum atomic E-state index is 0. The molecule has 5 aromatic rings. The Labute approximate surface area is 235 Å². The Bertz CT molecular complexity index is 1310. The molecule has 1 radical (unpaired) electrons. The summed E-state index contributed by atoms with van der Waals surface area (Å²) in [5, 5.41) is 0. The smallest absolute Gasteiger partial charge is 0.0606 e. The van der Waals surface area contributed by atoms with Crippen LogP contribution in [-0.2, 0) is 20.1 Å². The maximum absolute atomic E-state index is 4.79. The van der Waals surface area contributed by atoms with Gasteiger partial charge in [0.05, 0.1) is 5.82 Å². The fourth-order valence-electron chi connectivity index (χ4n) is 4.26. The summed E-state index contributed by atoms with van der Waals surface area (Å²) >= 11 is 0. The van der Waals surface area contributed by atoms with Crippen LogP contribution >= 0.6 is 0 Å². The number of nitrogens with zero attached hydrogens (tertiary/aromatic N) is 3. The second-order valence-corrected chi connectivity index (χ2v) is 9.44. The standard InChI is InChI=1S/C22H25N2.C11H8N.Ir/c1-15(2)19-12-9-13-20(16(3)4)21(19)24-14-17(5)23-22(24)18-10-7-6-8-11-18;1-2-6-10(7-3-1)11-8-4-5-9-12-11;/h6-10,12-16H,1-5H3;1-6,8-9H;/q2*-1;. The van der Waals surface area contributed by atoms with E-state index in [9.17, 15) is 0 Å². The summed E-state index contributed by atoms with van der Waals surface area (Å²) in [6.07, 6.45) is 3.93. The molecule has 191 valence electrons. The summed E-state index contributed by atoms with van der Waals surface area (Å²) in [4.78, 5) is 9.01. The molecule has 2 aromatic heterocycles. The molecule has 0 saturated carbocycles. The van der Waals surface area contributed by atoms with Gasteiger partial charge in [-0.2, -0.15) is 0 Å². The number of aromatic nitrogens is 3. The van der Waals surface area contributed by atoms with E-state index >= 15 is 0 Å². The Kier molecular flexibility index (Phi) is 10.1. The van der Waals surface area contributed by atoms with Crippen LogP contribution in [0.15, 0.2) is 97.3 Å². The molecule has 0 aliphatic carbocycles. The van der Waals surface area contributed by atoms with E-state index in [1.54, 1.807) is 6.20 Å². The largest absolute Gasteiger partial charge is 0.339 e. The molecule has 3 aromatic carbocycles. The Morgan fingerprint density at radius 1 is 0.703 bits per heavy atom. The van der Waals surface area contributed by atoms with Crippen LogP contribution in [0.3, 0.4) is 0 Å². The molecule has 0 amide bonds. The zero-order chi connectivity index (χ0) is 25.5. The van der Waals surface area contributed by atoms with Crippen molar-refractivity contribution in [2.45, 2.75) is 46.5 Å². The van der Waals surface area contributed by atoms with Gasteiger partial charge < -0.3 is 9.55 Å². The topological polar surface area (TPSA) is 30.7 Å². The first-order valence-corrected chi connectivity index (χ1v) is 12.5. The average Bonchev–Trinajstić information content (AvgIpc) is 3.31. The molecule has 0 aliphatic heterocycles. The summed E-state index contributed by atoms with van der Waals surface area (Å²) in [5.41, 5.74) is 8.05. The first-order chi connectivity index (χ1) is 17.5. The van der Waals surface area contributed by atoms with E-state index in [1.807, 2.05) is 60.7 Å². The first-order valence-electron chi connectivity index (χ1n) is 12.5. The summed E-state index contributed by atoms with van der Waals surface area (Å²) in [5.74, 6) is 1.87. The van der Waals surface area contributed by atoms with Crippen LogP contribution in [0, 0.1) is 19.1 Å². The molecule has 0 atom stereocenters. The summed E-state index contributed by atoms with van der Waals surface area (Å²) in [6.45, 7) is 11.1. The molecule has 5 rings (SSSR count). The molecular formula is C33H33IrN3-2. The number of hydrogen-bond donors (Lipinski definition) is 0. The van der Waals surface area contributed by atoms with Gasteiger partial charge in [-0.05, 0) is 41.6 Å². The predicted octanol–water partition coefficient (Wildman–Crippen LogP) is 8.44. The summed E-state index contributed by atoms with van der Waals surface area (Å²) < 4.78 is 2.26. The predicted molar refractivity (Wildman–Crippen MR) is 149 cm³/mol. The van der Waals surface area contributed by atoms with Crippen molar-refractivity contribution in [3.8, 4) is 28.3 Å². The van der Waals surface area contributed by atoms with Gasteiger partial charge in [-0.25, -0.2) is 0 Å². The van der Waals surface area contributed by atoms with Crippen molar-refractivity contribution in [2.75, 3.05) is 0 Å². The van der Waals surface area contributed by atoms with Crippen molar-refractivity contribution in [3.05, 3.63) is 126 Å². The zero-order valence-electron chi connectivity index (χ0n) is 22.1. The van der Waals surface area contributed by atoms with E-state index < -0.39 is 0 Å². The van der Waals surface area contributed by atoms with Gasteiger partial charge in [0.1, 0.15) is 0 Å². The van der Waals surface area contributed by atoms with Gasteiger partial charge in [-0.3, -0.25) is 4.98 Å². The summed E-state index contributed by atoms with van der Waals surface area (Å²) in [7, 11) is 0. The van der Waals surface area contributed by atoms with Gasteiger partial charge >= 0.3 is 0 Å². The van der Waals surface area contributed by atoms with Crippen LogP contribution in [-0.4, -0.2) is 14.5 Å². The average molecular weight is 664 g/mol. The molecule has 0 unspecified atom stereocenters. The third-order valence-corrected chi connectivity index (χ3v) is 6.01. The molecule has 2 heterocycles. The maximum atomic E-state index is 4.79. The number of para-hydroxylation sites is 1. The molecular weight excluding hydrogens is 631 g/mol. The second kappa shape index (κ2) is 13.3. The van der Waals surface area contributed by atoms with Crippen LogP contribution in [0.2, 0.25) is 0 Å². The van der Waals surface area contributed by atoms with E-state index in [1.165, 1.54) is 16.8 Å². The Balaban J connectivity index is 0.000000246. The number of hydrogen-bond acceptors (Lipinski definition) is 2. The van der Waals surface area contributed by atoms with Crippen molar-refractivity contribution in [1.29, 1.82) is 0 Å². The van der Waals surface area contributed by atoms with Crippen molar-refractivity contribution in [2.24, 2.45) is 0 Å². The maximum Gasteiger partial charge on any atom is 0.0606 e. The van der Waals surface area contributed by atoms with Gasteiger partial charge in [0.25, 0.3) is 0 Å². The van der Waals surface area contributed by atoms with E-state index in [4.69, 9.17) is 4.98 Å². The van der Waals surface area contributed by atoms with Crippen molar-refractivity contribution < 1.29 is 20.1 Å². The number of rotatable bonds is 5. The molecule has 37 heavy (non-hydrogen) atoms.